The van der Waals surface area contributed by atoms with E-state index in [9.17, 15) is 25.2 Å². The molecule has 0 spiro atoms. The maximum absolute atomic E-state index is 11.5. The Bertz CT molecular complexity index is 1490. The molecule has 10 heteroatoms. The predicted molar refractivity (Wildman–Crippen MR) is 135 cm³/mol. The maximum atomic E-state index is 11.5. The molecule has 37 heavy (non-hydrogen) atoms. The largest absolute Gasteiger partial charge is 0.508 e. The highest BCUT2D eigenvalue weighted by Crippen LogP contribution is 2.35. The van der Waals surface area contributed by atoms with Gasteiger partial charge in [0.25, 0.3) is 0 Å². The second kappa shape index (κ2) is 10.3. The van der Waals surface area contributed by atoms with Crippen molar-refractivity contribution < 1.29 is 25.2 Å². The van der Waals surface area contributed by atoms with Crippen molar-refractivity contribution in [3.8, 4) is 17.6 Å². The molecule has 0 radical (unpaired) electrons. The topological polar surface area (TPSA) is 154 Å². The van der Waals surface area contributed by atoms with Crippen LogP contribution in [0.1, 0.15) is 35.8 Å². The summed E-state index contributed by atoms with van der Waals surface area (Å²) in [6, 6.07) is 15.6. The standard InChI is InChI=1S/C27H25N5O5/c33-18-8-4-7-17(13-18)14-28-25-22-26(31-21(30-25)12-9-16-5-2-1-3-6-16)32(15-29-22)20-11-10-19(27(36)37)23(34)24(20)35/h1-8,13,15,19-20,23-24,33-35H,10-11,14H2,(H,36,37)(H,28,30,31)/t19-,20+,23+,24-/m0/s1. The monoisotopic (exact) mass is 499 g/mol. The molecule has 0 aliphatic heterocycles. The van der Waals surface area contributed by atoms with Gasteiger partial charge in [-0.2, -0.15) is 0 Å². The molecule has 10 nitrogen and oxygen atoms in total. The predicted octanol–water partition coefficient (Wildman–Crippen LogP) is 2.30. The van der Waals surface area contributed by atoms with Crippen LogP contribution in [0.5, 0.6) is 5.75 Å². The number of phenols is 1. The van der Waals surface area contributed by atoms with Gasteiger partial charge < -0.3 is 30.3 Å². The number of imidazole rings is 1. The molecular weight excluding hydrogens is 474 g/mol. The van der Waals surface area contributed by atoms with Crippen molar-refractivity contribution in [2.24, 2.45) is 5.92 Å². The van der Waals surface area contributed by atoms with Crippen LogP contribution in [-0.2, 0) is 11.3 Å². The summed E-state index contributed by atoms with van der Waals surface area (Å²) in [5.74, 6) is 4.63. The minimum atomic E-state index is -1.42. The van der Waals surface area contributed by atoms with E-state index >= 15 is 0 Å². The number of aliphatic carboxylic acids is 1. The Kier molecular flexibility index (Phi) is 6.72. The number of carboxylic acid groups (broad SMARTS) is 1. The van der Waals surface area contributed by atoms with Crippen LogP contribution >= 0.6 is 0 Å². The Balaban J connectivity index is 1.53. The molecule has 2 aromatic heterocycles. The number of rotatable bonds is 5. The zero-order valence-corrected chi connectivity index (χ0v) is 19.7. The lowest BCUT2D eigenvalue weighted by molar-refractivity contribution is -0.154. The van der Waals surface area contributed by atoms with E-state index in [0.29, 0.717) is 29.9 Å². The third-order valence-electron chi connectivity index (χ3n) is 6.49. The van der Waals surface area contributed by atoms with Gasteiger partial charge in [-0.05, 0) is 48.6 Å². The summed E-state index contributed by atoms with van der Waals surface area (Å²) in [6.45, 7) is 0.351. The number of aliphatic hydroxyl groups is 2. The van der Waals surface area contributed by atoms with Crippen LogP contribution in [-0.4, -0.2) is 58.1 Å². The summed E-state index contributed by atoms with van der Waals surface area (Å²) in [4.78, 5) is 25.1. The van der Waals surface area contributed by atoms with Crippen molar-refractivity contribution in [2.45, 2.75) is 37.6 Å². The number of phenolic OH excluding ortho intramolecular Hbond substituents is 1. The highest BCUT2D eigenvalue weighted by atomic mass is 16.4. The van der Waals surface area contributed by atoms with Crippen molar-refractivity contribution in [1.29, 1.82) is 0 Å². The fourth-order valence-electron chi connectivity index (χ4n) is 4.57. The number of carbonyl (C=O) groups is 1. The van der Waals surface area contributed by atoms with Crippen molar-refractivity contribution in [2.75, 3.05) is 5.32 Å². The van der Waals surface area contributed by atoms with Gasteiger partial charge in [0.05, 0.1) is 24.4 Å². The molecule has 0 bridgehead atoms. The number of carboxylic acids is 1. The van der Waals surface area contributed by atoms with Crippen LogP contribution in [0.3, 0.4) is 0 Å². The van der Waals surface area contributed by atoms with E-state index in [0.717, 1.165) is 11.1 Å². The summed E-state index contributed by atoms with van der Waals surface area (Å²) in [5, 5.41) is 43.6. The minimum absolute atomic E-state index is 0.148. The van der Waals surface area contributed by atoms with Crippen LogP contribution in [0.15, 0.2) is 60.9 Å². The first kappa shape index (κ1) is 24.2. The number of aromatic hydroxyl groups is 1. The van der Waals surface area contributed by atoms with Crippen molar-refractivity contribution in [1.82, 2.24) is 19.5 Å². The highest BCUT2D eigenvalue weighted by molar-refractivity contribution is 5.83. The van der Waals surface area contributed by atoms with Gasteiger partial charge in [-0.25, -0.2) is 15.0 Å². The molecule has 188 valence electrons. The lowest BCUT2D eigenvalue weighted by Crippen LogP contribution is -2.46. The number of aromatic nitrogens is 4. The zero-order chi connectivity index (χ0) is 25.9. The number of fused-ring (bicyclic) bond motifs is 1. The lowest BCUT2D eigenvalue weighted by atomic mass is 9.81. The lowest BCUT2D eigenvalue weighted by Gasteiger charge is -2.36. The average molecular weight is 500 g/mol. The van der Waals surface area contributed by atoms with E-state index in [1.807, 2.05) is 36.4 Å². The van der Waals surface area contributed by atoms with Crippen LogP contribution in [0, 0.1) is 17.8 Å². The summed E-state index contributed by atoms with van der Waals surface area (Å²) >= 11 is 0. The summed E-state index contributed by atoms with van der Waals surface area (Å²) < 4.78 is 1.65. The maximum Gasteiger partial charge on any atom is 0.309 e. The van der Waals surface area contributed by atoms with Crippen LogP contribution in [0.2, 0.25) is 0 Å². The molecule has 1 aliphatic carbocycles. The third-order valence-corrected chi connectivity index (χ3v) is 6.49. The van der Waals surface area contributed by atoms with E-state index in [2.05, 4.69) is 32.1 Å². The van der Waals surface area contributed by atoms with Crippen LogP contribution in [0.4, 0.5) is 5.82 Å². The van der Waals surface area contributed by atoms with E-state index in [4.69, 9.17) is 0 Å². The Morgan fingerprint density at radius 2 is 1.84 bits per heavy atom. The second-order valence-corrected chi connectivity index (χ2v) is 8.93. The normalized spacial score (nSPS) is 21.2. The smallest absolute Gasteiger partial charge is 0.309 e. The first-order valence-electron chi connectivity index (χ1n) is 11.8. The van der Waals surface area contributed by atoms with E-state index in [1.54, 1.807) is 22.8 Å². The van der Waals surface area contributed by atoms with Gasteiger partial charge in [0.15, 0.2) is 17.0 Å². The van der Waals surface area contributed by atoms with Crippen molar-refractivity contribution in [3.63, 3.8) is 0 Å². The molecule has 2 heterocycles. The molecular formula is C27H25N5O5. The molecule has 0 saturated heterocycles. The van der Waals surface area contributed by atoms with Gasteiger partial charge in [0.2, 0.25) is 5.82 Å². The van der Waals surface area contributed by atoms with E-state index in [-0.39, 0.29) is 18.0 Å². The van der Waals surface area contributed by atoms with Gasteiger partial charge in [-0.3, -0.25) is 4.79 Å². The van der Waals surface area contributed by atoms with Crippen molar-refractivity contribution >= 4 is 23.0 Å². The molecule has 5 N–H and O–H groups in total. The van der Waals surface area contributed by atoms with Crippen LogP contribution in [0.25, 0.3) is 11.2 Å². The van der Waals surface area contributed by atoms with Gasteiger partial charge in [0, 0.05) is 12.1 Å². The van der Waals surface area contributed by atoms with Gasteiger partial charge >= 0.3 is 5.97 Å². The third kappa shape index (κ3) is 5.09. The minimum Gasteiger partial charge on any atom is -0.508 e. The summed E-state index contributed by atoms with van der Waals surface area (Å²) in [5.41, 5.74) is 2.46. The number of hydrogen-bond acceptors (Lipinski definition) is 8. The summed E-state index contributed by atoms with van der Waals surface area (Å²) in [7, 11) is 0. The first-order chi connectivity index (χ1) is 17.9. The average Bonchev–Trinajstić information content (AvgIpc) is 3.32. The Hall–Kier alpha value is -4.46. The molecule has 4 aromatic rings. The van der Waals surface area contributed by atoms with E-state index < -0.39 is 30.1 Å². The first-order valence-corrected chi connectivity index (χ1v) is 11.8. The number of anilines is 1. The molecule has 1 saturated carbocycles. The Morgan fingerprint density at radius 1 is 1.03 bits per heavy atom. The van der Waals surface area contributed by atoms with Crippen LogP contribution < -0.4 is 5.32 Å². The molecule has 1 aliphatic rings. The highest BCUT2D eigenvalue weighted by Gasteiger charge is 2.42. The summed E-state index contributed by atoms with van der Waals surface area (Å²) in [6.07, 6.45) is -0.704. The molecule has 0 unspecified atom stereocenters. The number of nitrogens with zero attached hydrogens (tertiary/aromatic N) is 4. The number of benzene rings is 2. The quantitative estimate of drug-likeness (QED) is 0.260. The SMILES string of the molecule is O=C(O)[C@H]1CC[C@@H](n2cnc3c(NCc4cccc(O)c4)nc(C#Cc4ccccc4)nc32)[C@H](O)[C@@H]1O. The van der Waals surface area contributed by atoms with Crippen molar-refractivity contribution in [3.05, 3.63) is 77.9 Å². The zero-order valence-electron chi connectivity index (χ0n) is 19.7. The Labute approximate surface area is 212 Å². The number of hydrogen-bond donors (Lipinski definition) is 5. The molecule has 0 amide bonds. The molecule has 1 fully saturated rings. The molecule has 5 rings (SSSR count). The fraction of sp³-hybridized carbons (Fsp3) is 0.259. The Morgan fingerprint density at radius 3 is 2.59 bits per heavy atom. The number of nitrogens with one attached hydrogen (secondary N) is 1. The second-order valence-electron chi connectivity index (χ2n) is 8.93. The van der Waals surface area contributed by atoms with Gasteiger partial charge in [-0.15, -0.1) is 0 Å². The van der Waals surface area contributed by atoms with Gasteiger partial charge in [-0.1, -0.05) is 36.3 Å². The number of aliphatic hydroxyl groups excluding tert-OH is 2. The van der Waals surface area contributed by atoms with Gasteiger partial charge in [0.1, 0.15) is 11.9 Å². The fourth-order valence-corrected chi connectivity index (χ4v) is 4.57. The molecule has 4 atom stereocenters. The molecule has 2 aromatic carbocycles. The van der Waals surface area contributed by atoms with E-state index in [1.165, 1.54) is 6.33 Å².